The molecular formula is C24H38N4O3. The number of nitrogens with zero attached hydrogens (tertiary/aromatic N) is 2. The van der Waals surface area contributed by atoms with Crippen LogP contribution in [-0.2, 0) is 4.79 Å². The average molecular weight is 431 g/mol. The normalized spacial score (nSPS) is 34.4. The number of aliphatic hydroxyl groups excluding tert-OH is 1. The van der Waals surface area contributed by atoms with E-state index in [1.807, 2.05) is 27.7 Å². The van der Waals surface area contributed by atoms with Gasteiger partial charge in [0.15, 0.2) is 0 Å². The van der Waals surface area contributed by atoms with E-state index >= 15 is 0 Å². The molecule has 0 radical (unpaired) electrons. The highest BCUT2D eigenvalue weighted by molar-refractivity contribution is 5.93. The van der Waals surface area contributed by atoms with Crippen molar-refractivity contribution in [2.45, 2.75) is 84.9 Å². The van der Waals surface area contributed by atoms with Crippen LogP contribution in [0.4, 0.5) is 0 Å². The van der Waals surface area contributed by atoms with Gasteiger partial charge in [-0.15, -0.1) is 0 Å². The van der Waals surface area contributed by atoms with Gasteiger partial charge in [-0.25, -0.2) is 9.97 Å². The lowest BCUT2D eigenvalue weighted by atomic mass is 9.51. The van der Waals surface area contributed by atoms with Crippen molar-refractivity contribution in [2.75, 3.05) is 0 Å². The number of rotatable bonds is 4. The molecule has 0 saturated heterocycles. The van der Waals surface area contributed by atoms with Crippen molar-refractivity contribution in [3.05, 3.63) is 24.3 Å². The predicted molar refractivity (Wildman–Crippen MR) is 119 cm³/mol. The smallest absolute Gasteiger partial charge is 0.254 e. The van der Waals surface area contributed by atoms with Crippen LogP contribution in [-0.4, -0.2) is 44.6 Å². The van der Waals surface area contributed by atoms with Crippen molar-refractivity contribution in [2.24, 2.45) is 29.1 Å². The van der Waals surface area contributed by atoms with Gasteiger partial charge >= 0.3 is 0 Å². The summed E-state index contributed by atoms with van der Waals surface area (Å²) in [5.41, 5.74) is 0.165. The van der Waals surface area contributed by atoms with E-state index in [0.717, 1.165) is 25.7 Å². The van der Waals surface area contributed by atoms with Crippen molar-refractivity contribution >= 4 is 11.8 Å². The van der Waals surface area contributed by atoms with E-state index in [4.69, 9.17) is 0 Å². The summed E-state index contributed by atoms with van der Waals surface area (Å²) in [6, 6.07) is -0.0297. The van der Waals surface area contributed by atoms with Crippen LogP contribution in [0, 0.1) is 29.1 Å². The molecule has 2 amide bonds. The molecule has 1 aromatic heterocycles. The molecule has 172 valence electrons. The molecular weight excluding hydrogens is 392 g/mol. The van der Waals surface area contributed by atoms with Crippen LogP contribution in [0.5, 0.6) is 0 Å². The molecule has 0 bridgehead atoms. The molecule has 3 N–H and O–H groups in total. The minimum atomic E-state index is -0.575. The van der Waals surface area contributed by atoms with Crippen LogP contribution in [0.3, 0.4) is 0 Å². The summed E-state index contributed by atoms with van der Waals surface area (Å²) < 4.78 is 0. The third-order valence-electron chi connectivity index (χ3n) is 7.58. The number of nitrogens with one attached hydrogen (secondary N) is 2. The average Bonchev–Trinajstić information content (AvgIpc) is 2.69. The first-order valence-corrected chi connectivity index (χ1v) is 11.5. The Balaban J connectivity index is 1.74. The molecule has 2 aliphatic carbocycles. The number of hydrogen-bond acceptors (Lipinski definition) is 5. The van der Waals surface area contributed by atoms with Gasteiger partial charge < -0.3 is 15.7 Å². The van der Waals surface area contributed by atoms with Gasteiger partial charge in [0, 0.05) is 29.9 Å². The Bertz CT molecular complexity index is 794. The Kier molecular flexibility index (Phi) is 6.75. The third kappa shape index (κ3) is 5.08. The zero-order valence-corrected chi connectivity index (χ0v) is 19.7. The summed E-state index contributed by atoms with van der Waals surface area (Å²) in [5, 5.41) is 17.7. The molecule has 7 nitrogen and oxygen atoms in total. The molecule has 1 aromatic rings. The summed E-state index contributed by atoms with van der Waals surface area (Å²) in [4.78, 5) is 33.3. The molecule has 0 spiro atoms. The van der Waals surface area contributed by atoms with Gasteiger partial charge in [-0.05, 0) is 69.6 Å². The Morgan fingerprint density at radius 2 is 1.81 bits per heavy atom. The van der Waals surface area contributed by atoms with Crippen LogP contribution >= 0.6 is 0 Å². The zero-order chi connectivity index (χ0) is 23.0. The molecule has 2 fully saturated rings. The molecule has 7 heteroatoms. The second kappa shape index (κ2) is 8.85. The lowest BCUT2D eigenvalue weighted by Gasteiger charge is -2.56. The maximum Gasteiger partial charge on any atom is 0.254 e. The van der Waals surface area contributed by atoms with Crippen LogP contribution in [0.15, 0.2) is 18.7 Å². The quantitative estimate of drug-likeness (QED) is 0.681. The number of fused-ring (bicyclic) bond motifs is 1. The Morgan fingerprint density at radius 3 is 2.42 bits per heavy atom. The Hall–Kier alpha value is -2.02. The van der Waals surface area contributed by atoms with E-state index in [2.05, 4.69) is 34.4 Å². The van der Waals surface area contributed by atoms with E-state index < -0.39 is 6.10 Å². The maximum atomic E-state index is 12.8. The minimum absolute atomic E-state index is 0.00227. The molecule has 2 aliphatic rings. The fourth-order valence-electron chi connectivity index (χ4n) is 5.84. The second-order valence-electron chi connectivity index (χ2n) is 11.0. The summed E-state index contributed by atoms with van der Waals surface area (Å²) in [5.74, 6) is -0.397. The lowest BCUT2D eigenvalue weighted by molar-refractivity contribution is -0.143. The third-order valence-corrected chi connectivity index (χ3v) is 7.58. The zero-order valence-electron chi connectivity index (χ0n) is 19.7. The number of aliphatic hydroxyl groups is 1. The fraction of sp³-hybridized carbons (Fsp3) is 0.750. The molecule has 0 aliphatic heterocycles. The second-order valence-corrected chi connectivity index (χ2v) is 11.0. The molecule has 7 atom stereocenters. The van der Waals surface area contributed by atoms with Crippen LogP contribution in [0.2, 0.25) is 0 Å². The topological polar surface area (TPSA) is 104 Å². The van der Waals surface area contributed by atoms with E-state index in [1.54, 1.807) is 0 Å². The lowest BCUT2D eigenvalue weighted by Crippen LogP contribution is -2.59. The highest BCUT2D eigenvalue weighted by Crippen LogP contribution is 2.55. The molecule has 1 heterocycles. The van der Waals surface area contributed by atoms with Crippen molar-refractivity contribution in [1.82, 2.24) is 20.6 Å². The van der Waals surface area contributed by atoms with Crippen molar-refractivity contribution in [3.8, 4) is 0 Å². The van der Waals surface area contributed by atoms with E-state index in [0.29, 0.717) is 5.56 Å². The number of amides is 2. The van der Waals surface area contributed by atoms with E-state index in [9.17, 15) is 14.7 Å². The molecule has 3 rings (SSSR count). The molecule has 2 saturated carbocycles. The largest absolute Gasteiger partial charge is 0.392 e. The van der Waals surface area contributed by atoms with Crippen LogP contribution in [0.1, 0.15) is 77.6 Å². The van der Waals surface area contributed by atoms with E-state index in [-0.39, 0.29) is 52.5 Å². The summed E-state index contributed by atoms with van der Waals surface area (Å²) in [7, 11) is 0. The SMILES string of the molecule is C[C@@H]1[C@@H]2[C@@H](O)[C@H]([C@H](C)C(=O)NC(C)(C)C)CC[C@]2(C)CC[C@@H]1NC(=O)c1cncnc1. The monoisotopic (exact) mass is 430 g/mol. The fourth-order valence-corrected chi connectivity index (χ4v) is 5.84. The first-order valence-electron chi connectivity index (χ1n) is 11.5. The first-order chi connectivity index (χ1) is 14.4. The van der Waals surface area contributed by atoms with Crippen molar-refractivity contribution in [3.63, 3.8) is 0 Å². The van der Waals surface area contributed by atoms with Gasteiger partial charge in [0.1, 0.15) is 6.33 Å². The van der Waals surface area contributed by atoms with Crippen LogP contribution < -0.4 is 10.6 Å². The van der Waals surface area contributed by atoms with Crippen LogP contribution in [0.25, 0.3) is 0 Å². The molecule has 31 heavy (non-hydrogen) atoms. The first kappa shape index (κ1) is 23.6. The minimum Gasteiger partial charge on any atom is -0.392 e. The highest BCUT2D eigenvalue weighted by atomic mass is 16.3. The van der Waals surface area contributed by atoms with Gasteiger partial charge in [0.2, 0.25) is 5.91 Å². The molecule has 0 unspecified atom stereocenters. The van der Waals surface area contributed by atoms with Gasteiger partial charge in [0.05, 0.1) is 11.7 Å². The number of carbonyl (C=O) groups excluding carboxylic acids is 2. The van der Waals surface area contributed by atoms with Gasteiger partial charge in [-0.1, -0.05) is 20.8 Å². The predicted octanol–water partition coefficient (Wildman–Crippen LogP) is 2.95. The maximum absolute atomic E-state index is 12.8. The number of carbonyl (C=O) groups is 2. The highest BCUT2D eigenvalue weighted by Gasteiger charge is 2.54. The summed E-state index contributed by atoms with van der Waals surface area (Å²) in [6.07, 6.45) is 7.52. The number of hydrogen-bond donors (Lipinski definition) is 3. The van der Waals surface area contributed by atoms with Gasteiger partial charge in [-0.3, -0.25) is 9.59 Å². The van der Waals surface area contributed by atoms with E-state index in [1.165, 1.54) is 18.7 Å². The summed E-state index contributed by atoms with van der Waals surface area (Å²) in [6.45, 7) is 12.2. The summed E-state index contributed by atoms with van der Waals surface area (Å²) >= 11 is 0. The standard InChI is InChI=1S/C24H38N4O3/c1-14(21(30)28-23(3,4)5)17-7-9-24(6)10-8-18(15(2)19(24)20(17)29)27-22(31)16-11-25-13-26-12-16/h11-15,17-20,29H,7-10H2,1-6H3,(H,27,31)(H,28,30)/t14-,15-,17-,18-,19+,20-,24+/m0/s1. The Morgan fingerprint density at radius 1 is 1.19 bits per heavy atom. The van der Waals surface area contributed by atoms with Gasteiger partial charge in [0.25, 0.3) is 5.91 Å². The van der Waals surface area contributed by atoms with Gasteiger partial charge in [-0.2, -0.15) is 0 Å². The van der Waals surface area contributed by atoms with Crippen molar-refractivity contribution < 1.29 is 14.7 Å². The number of aromatic nitrogens is 2. The van der Waals surface area contributed by atoms with Crippen molar-refractivity contribution in [1.29, 1.82) is 0 Å². The molecule has 0 aromatic carbocycles. The Labute approximate surface area is 185 Å².